The Labute approximate surface area is 128 Å². The lowest BCUT2D eigenvalue weighted by Crippen LogP contribution is -2.03. The van der Waals surface area contributed by atoms with Gasteiger partial charge in [-0.05, 0) is 23.8 Å². The molecule has 0 unspecified atom stereocenters. The van der Waals surface area contributed by atoms with E-state index in [1.54, 1.807) is 13.2 Å². The van der Waals surface area contributed by atoms with E-state index in [0.29, 0.717) is 18.0 Å². The summed E-state index contributed by atoms with van der Waals surface area (Å²) >= 11 is 6.25. The van der Waals surface area contributed by atoms with Crippen LogP contribution in [0.3, 0.4) is 0 Å². The topological polar surface area (TPSA) is 50.4 Å². The maximum atomic E-state index is 11.4. The zero-order valence-electron chi connectivity index (χ0n) is 11.6. The third-order valence-electron chi connectivity index (χ3n) is 3.48. The molecule has 0 aromatic heterocycles. The van der Waals surface area contributed by atoms with Gasteiger partial charge >= 0.3 is 0 Å². The molecule has 0 radical (unpaired) electrons. The molecular formula is C16H15ClN2O2. The summed E-state index contributed by atoms with van der Waals surface area (Å²) in [5, 5.41) is 6.67. The van der Waals surface area contributed by atoms with Crippen LogP contribution in [-0.4, -0.2) is 13.0 Å². The van der Waals surface area contributed by atoms with Crippen LogP contribution in [0.2, 0.25) is 5.02 Å². The lowest BCUT2D eigenvalue weighted by molar-refractivity contribution is -0.115. The minimum absolute atomic E-state index is 0.00273. The van der Waals surface area contributed by atoms with Crippen molar-refractivity contribution in [3.8, 4) is 5.75 Å². The normalized spacial score (nSPS) is 12.8. The van der Waals surface area contributed by atoms with Gasteiger partial charge in [0.2, 0.25) is 5.91 Å². The Balaban J connectivity index is 1.80. The van der Waals surface area contributed by atoms with E-state index in [2.05, 4.69) is 10.6 Å². The molecule has 0 atom stereocenters. The number of hydrogen-bond acceptors (Lipinski definition) is 3. The minimum Gasteiger partial charge on any atom is -0.496 e. The number of halogens is 1. The van der Waals surface area contributed by atoms with Crippen molar-refractivity contribution >= 4 is 28.9 Å². The van der Waals surface area contributed by atoms with Crippen molar-refractivity contribution in [1.82, 2.24) is 0 Å². The van der Waals surface area contributed by atoms with E-state index in [4.69, 9.17) is 16.3 Å². The molecule has 5 heteroatoms. The fraction of sp³-hybridized carbons (Fsp3) is 0.188. The summed E-state index contributed by atoms with van der Waals surface area (Å²) in [5.41, 5.74) is 3.63. The molecule has 1 amide bonds. The second-order valence-corrected chi connectivity index (χ2v) is 5.29. The number of carbonyl (C=O) groups excluding carboxylic acids is 1. The van der Waals surface area contributed by atoms with Crippen molar-refractivity contribution in [1.29, 1.82) is 0 Å². The van der Waals surface area contributed by atoms with Crippen LogP contribution in [0.5, 0.6) is 5.75 Å². The maximum absolute atomic E-state index is 11.4. The van der Waals surface area contributed by atoms with Gasteiger partial charge in [0.1, 0.15) is 5.75 Å². The summed E-state index contributed by atoms with van der Waals surface area (Å²) in [6.45, 7) is 0.601. The van der Waals surface area contributed by atoms with Crippen molar-refractivity contribution in [3.05, 3.63) is 52.5 Å². The second kappa shape index (κ2) is 5.66. The van der Waals surface area contributed by atoms with Gasteiger partial charge in [-0.25, -0.2) is 0 Å². The van der Waals surface area contributed by atoms with Crippen molar-refractivity contribution in [3.63, 3.8) is 0 Å². The Morgan fingerprint density at radius 2 is 2.14 bits per heavy atom. The van der Waals surface area contributed by atoms with Crippen molar-refractivity contribution in [2.45, 2.75) is 13.0 Å². The molecule has 0 aliphatic carbocycles. The first kappa shape index (κ1) is 13.8. The second-order valence-electron chi connectivity index (χ2n) is 4.88. The van der Waals surface area contributed by atoms with Crippen molar-refractivity contribution in [2.75, 3.05) is 17.7 Å². The molecule has 1 aliphatic heterocycles. The van der Waals surface area contributed by atoms with E-state index in [9.17, 15) is 4.79 Å². The van der Waals surface area contributed by atoms with Gasteiger partial charge < -0.3 is 15.4 Å². The lowest BCUT2D eigenvalue weighted by Gasteiger charge is -2.12. The number of methoxy groups -OCH3 is 1. The van der Waals surface area contributed by atoms with Gasteiger partial charge in [-0.3, -0.25) is 4.79 Å². The predicted octanol–water partition coefficient (Wildman–Crippen LogP) is 3.46. The van der Waals surface area contributed by atoms with Gasteiger partial charge in [-0.15, -0.1) is 0 Å². The Morgan fingerprint density at radius 1 is 1.33 bits per heavy atom. The zero-order valence-corrected chi connectivity index (χ0v) is 12.3. The van der Waals surface area contributed by atoms with Crippen molar-refractivity contribution < 1.29 is 9.53 Å². The number of carbonyl (C=O) groups is 1. The fourth-order valence-electron chi connectivity index (χ4n) is 2.42. The Kier molecular flexibility index (Phi) is 3.71. The number of anilines is 2. The number of ether oxygens (including phenoxy) is 1. The molecule has 21 heavy (non-hydrogen) atoms. The van der Waals surface area contributed by atoms with Gasteiger partial charge in [0.05, 0.1) is 24.2 Å². The number of para-hydroxylation sites is 1. The predicted molar refractivity (Wildman–Crippen MR) is 84.1 cm³/mol. The molecule has 0 fully saturated rings. The summed E-state index contributed by atoms with van der Waals surface area (Å²) < 4.78 is 5.32. The van der Waals surface area contributed by atoms with Gasteiger partial charge in [-0.2, -0.15) is 0 Å². The quantitative estimate of drug-likeness (QED) is 0.909. The highest BCUT2D eigenvalue weighted by Crippen LogP contribution is 2.33. The summed E-state index contributed by atoms with van der Waals surface area (Å²) in [5.74, 6) is 0.835. The summed E-state index contributed by atoms with van der Waals surface area (Å²) in [7, 11) is 1.65. The van der Waals surface area contributed by atoms with E-state index < -0.39 is 0 Å². The molecule has 108 valence electrons. The molecule has 0 bridgehead atoms. The zero-order chi connectivity index (χ0) is 14.8. The van der Waals surface area contributed by atoms with E-state index >= 15 is 0 Å². The number of amides is 1. The maximum Gasteiger partial charge on any atom is 0.228 e. The highest BCUT2D eigenvalue weighted by molar-refractivity contribution is 6.33. The molecule has 2 aromatic rings. The number of benzene rings is 2. The molecule has 0 spiro atoms. The monoisotopic (exact) mass is 302 g/mol. The van der Waals surface area contributed by atoms with Gasteiger partial charge in [-0.1, -0.05) is 29.8 Å². The van der Waals surface area contributed by atoms with E-state index in [1.807, 2.05) is 30.3 Å². The Bertz CT molecular complexity index is 701. The smallest absolute Gasteiger partial charge is 0.228 e. The number of hydrogen-bond donors (Lipinski definition) is 2. The average molecular weight is 303 g/mol. The molecular weight excluding hydrogens is 288 g/mol. The molecule has 1 heterocycles. The number of nitrogens with one attached hydrogen (secondary N) is 2. The van der Waals surface area contributed by atoms with Crippen molar-refractivity contribution in [2.24, 2.45) is 0 Å². The molecule has 2 aromatic carbocycles. The standard InChI is InChI=1S/C16H15ClN2O2/c1-21-15-5-3-2-4-10(15)9-18-14-6-11-7-16(20)19-13(11)8-12(14)17/h2-6,8,18H,7,9H2,1H3,(H,19,20). The lowest BCUT2D eigenvalue weighted by atomic mass is 10.1. The van der Waals surface area contributed by atoms with E-state index in [1.165, 1.54) is 0 Å². The third-order valence-corrected chi connectivity index (χ3v) is 3.79. The fourth-order valence-corrected chi connectivity index (χ4v) is 2.65. The summed E-state index contributed by atoms with van der Waals surface area (Å²) in [6, 6.07) is 11.5. The molecule has 3 rings (SSSR count). The van der Waals surface area contributed by atoms with E-state index in [0.717, 1.165) is 28.3 Å². The number of fused-ring (bicyclic) bond motifs is 1. The van der Waals surface area contributed by atoms with Gasteiger partial charge in [0.15, 0.2) is 0 Å². The average Bonchev–Trinajstić information content (AvgIpc) is 2.84. The van der Waals surface area contributed by atoms with Crippen LogP contribution in [0.25, 0.3) is 0 Å². The molecule has 0 saturated heterocycles. The van der Waals surface area contributed by atoms with Crippen LogP contribution in [-0.2, 0) is 17.8 Å². The van der Waals surface area contributed by atoms with Crippen LogP contribution in [0, 0.1) is 0 Å². The first-order valence-electron chi connectivity index (χ1n) is 6.65. The Morgan fingerprint density at radius 3 is 2.95 bits per heavy atom. The van der Waals surface area contributed by atoms with E-state index in [-0.39, 0.29) is 5.91 Å². The summed E-state index contributed by atoms with van der Waals surface area (Å²) in [4.78, 5) is 11.4. The molecule has 0 saturated carbocycles. The van der Waals surface area contributed by atoms with Crippen LogP contribution in [0.15, 0.2) is 36.4 Å². The van der Waals surface area contributed by atoms with Crippen LogP contribution in [0.1, 0.15) is 11.1 Å². The van der Waals surface area contributed by atoms with Crippen LogP contribution < -0.4 is 15.4 Å². The molecule has 2 N–H and O–H groups in total. The highest BCUT2D eigenvalue weighted by Gasteiger charge is 2.19. The number of rotatable bonds is 4. The highest BCUT2D eigenvalue weighted by atomic mass is 35.5. The first-order valence-corrected chi connectivity index (χ1v) is 7.03. The van der Waals surface area contributed by atoms with Crippen LogP contribution >= 0.6 is 11.6 Å². The van der Waals surface area contributed by atoms with Crippen LogP contribution in [0.4, 0.5) is 11.4 Å². The van der Waals surface area contributed by atoms with Gasteiger partial charge in [0.25, 0.3) is 0 Å². The molecule has 1 aliphatic rings. The SMILES string of the molecule is COc1ccccc1CNc1cc2c(cc1Cl)NC(=O)C2. The molecule has 4 nitrogen and oxygen atoms in total. The largest absolute Gasteiger partial charge is 0.496 e. The minimum atomic E-state index is 0.00273. The first-order chi connectivity index (χ1) is 10.2. The Hall–Kier alpha value is -2.20. The van der Waals surface area contributed by atoms with Gasteiger partial charge in [0, 0.05) is 17.8 Å². The third kappa shape index (κ3) is 2.81. The summed E-state index contributed by atoms with van der Waals surface area (Å²) in [6.07, 6.45) is 0.399.